The van der Waals surface area contributed by atoms with Gasteiger partial charge in [0.05, 0.1) is 0 Å². The highest BCUT2D eigenvalue weighted by atomic mass is 79.9. The first-order chi connectivity index (χ1) is 7.06. The molecule has 0 spiro atoms. The standard InChI is InChI=1S/C8H7BrFNO3S/c9-4-1-2-15-6(4)7(12)11-5(3-10)8(13)14/h1-2,5H,3H2,(H,11,12)(H,13,14). The summed E-state index contributed by atoms with van der Waals surface area (Å²) in [4.78, 5) is 22.2. The zero-order chi connectivity index (χ0) is 11.4. The van der Waals surface area contributed by atoms with Gasteiger partial charge in [-0.25, -0.2) is 9.18 Å². The third-order valence-electron chi connectivity index (χ3n) is 1.58. The first kappa shape index (κ1) is 12.1. The Labute approximate surface area is 97.2 Å². The Bertz CT molecular complexity index is 382. The van der Waals surface area contributed by atoms with Crippen LogP contribution in [-0.4, -0.2) is 29.7 Å². The third-order valence-corrected chi connectivity index (χ3v) is 3.42. The number of carboxylic acids is 1. The van der Waals surface area contributed by atoms with Crippen molar-refractivity contribution in [3.05, 3.63) is 20.8 Å². The van der Waals surface area contributed by atoms with Crippen molar-refractivity contribution in [3.63, 3.8) is 0 Å². The van der Waals surface area contributed by atoms with E-state index in [2.05, 4.69) is 21.2 Å². The average Bonchev–Trinajstić information content (AvgIpc) is 2.60. The van der Waals surface area contributed by atoms with Crippen LogP contribution in [0.2, 0.25) is 0 Å². The smallest absolute Gasteiger partial charge is 0.328 e. The maximum Gasteiger partial charge on any atom is 0.328 e. The van der Waals surface area contributed by atoms with E-state index in [4.69, 9.17) is 5.11 Å². The summed E-state index contributed by atoms with van der Waals surface area (Å²) in [5.74, 6) is -1.99. The molecule has 1 atom stereocenters. The summed E-state index contributed by atoms with van der Waals surface area (Å²) < 4.78 is 12.8. The van der Waals surface area contributed by atoms with Gasteiger partial charge in [-0.05, 0) is 27.4 Å². The fourth-order valence-electron chi connectivity index (χ4n) is 0.846. The number of amides is 1. The molecule has 0 aliphatic heterocycles. The van der Waals surface area contributed by atoms with Gasteiger partial charge in [-0.1, -0.05) is 0 Å². The fourth-order valence-corrected chi connectivity index (χ4v) is 2.30. The molecule has 0 bridgehead atoms. The monoisotopic (exact) mass is 295 g/mol. The summed E-state index contributed by atoms with van der Waals surface area (Å²) in [5.41, 5.74) is 0. The van der Waals surface area contributed by atoms with Crippen molar-refractivity contribution in [1.82, 2.24) is 5.32 Å². The van der Waals surface area contributed by atoms with Crippen molar-refractivity contribution >= 4 is 39.1 Å². The fraction of sp³-hybridized carbons (Fsp3) is 0.250. The summed E-state index contributed by atoms with van der Waals surface area (Å²) in [7, 11) is 0. The van der Waals surface area contributed by atoms with Crippen molar-refractivity contribution in [3.8, 4) is 0 Å². The third kappa shape index (κ3) is 3.00. The Balaban J connectivity index is 2.71. The first-order valence-corrected chi connectivity index (χ1v) is 5.56. The predicted molar refractivity (Wildman–Crippen MR) is 56.9 cm³/mol. The van der Waals surface area contributed by atoms with Crippen LogP contribution in [0.25, 0.3) is 0 Å². The number of carbonyl (C=O) groups is 2. The molecule has 0 aromatic carbocycles. The van der Waals surface area contributed by atoms with E-state index in [1.54, 1.807) is 11.4 Å². The molecule has 4 nitrogen and oxygen atoms in total. The molecule has 1 heterocycles. The zero-order valence-corrected chi connectivity index (χ0v) is 9.77. The van der Waals surface area contributed by atoms with Crippen molar-refractivity contribution in [2.24, 2.45) is 0 Å². The lowest BCUT2D eigenvalue weighted by atomic mass is 10.3. The lowest BCUT2D eigenvalue weighted by Gasteiger charge is -2.09. The minimum atomic E-state index is -1.49. The van der Waals surface area contributed by atoms with E-state index in [9.17, 15) is 14.0 Å². The highest BCUT2D eigenvalue weighted by Crippen LogP contribution is 2.22. The largest absolute Gasteiger partial charge is 0.480 e. The molecule has 0 aliphatic carbocycles. The van der Waals surface area contributed by atoms with E-state index in [1.165, 1.54) is 0 Å². The zero-order valence-electron chi connectivity index (χ0n) is 7.37. The SMILES string of the molecule is O=C(NC(CF)C(=O)O)c1sccc1Br. The lowest BCUT2D eigenvalue weighted by Crippen LogP contribution is -2.42. The summed E-state index contributed by atoms with van der Waals surface area (Å²) in [6, 6.07) is 0.164. The Morgan fingerprint density at radius 2 is 2.33 bits per heavy atom. The second-order valence-corrected chi connectivity index (χ2v) is 4.39. The van der Waals surface area contributed by atoms with E-state index >= 15 is 0 Å². The highest BCUT2D eigenvalue weighted by Gasteiger charge is 2.21. The van der Waals surface area contributed by atoms with Gasteiger partial charge in [0.15, 0.2) is 6.04 Å². The normalized spacial score (nSPS) is 12.1. The molecule has 0 saturated carbocycles. The van der Waals surface area contributed by atoms with Crippen LogP contribution >= 0.6 is 27.3 Å². The molecule has 0 radical (unpaired) electrons. The molecule has 1 aromatic rings. The molecule has 0 aliphatic rings. The summed E-state index contributed by atoms with van der Waals surface area (Å²) >= 11 is 4.27. The minimum absolute atomic E-state index is 0.328. The summed E-state index contributed by atoms with van der Waals surface area (Å²) in [5, 5.41) is 12.3. The molecular formula is C8H7BrFNO3S. The van der Waals surface area contributed by atoms with Crippen LogP contribution in [0.3, 0.4) is 0 Å². The van der Waals surface area contributed by atoms with E-state index in [-0.39, 0.29) is 0 Å². The molecule has 0 saturated heterocycles. The van der Waals surface area contributed by atoms with Gasteiger partial charge in [0.1, 0.15) is 11.6 Å². The molecule has 7 heteroatoms. The predicted octanol–water partition coefficient (Wildman–Crippen LogP) is 1.66. The number of hydrogen-bond donors (Lipinski definition) is 2. The van der Waals surface area contributed by atoms with Gasteiger partial charge in [0, 0.05) is 4.47 Å². The maximum absolute atomic E-state index is 12.2. The quantitative estimate of drug-likeness (QED) is 0.888. The van der Waals surface area contributed by atoms with Crippen molar-refractivity contribution in [2.75, 3.05) is 6.67 Å². The number of nitrogens with one attached hydrogen (secondary N) is 1. The molecule has 15 heavy (non-hydrogen) atoms. The maximum atomic E-state index is 12.2. The molecule has 1 rings (SSSR count). The Morgan fingerprint density at radius 1 is 1.67 bits per heavy atom. The van der Waals surface area contributed by atoms with Gasteiger partial charge in [0.2, 0.25) is 0 Å². The van der Waals surface area contributed by atoms with Gasteiger partial charge in [-0.3, -0.25) is 4.79 Å². The summed E-state index contributed by atoms with van der Waals surface area (Å²) in [6.07, 6.45) is 0. The molecular weight excluding hydrogens is 289 g/mol. The second kappa shape index (κ2) is 5.22. The van der Waals surface area contributed by atoms with E-state index < -0.39 is 24.6 Å². The van der Waals surface area contributed by atoms with Gasteiger partial charge in [0.25, 0.3) is 5.91 Å². The average molecular weight is 296 g/mol. The number of carboxylic acid groups (broad SMARTS) is 1. The number of thiophene rings is 1. The lowest BCUT2D eigenvalue weighted by molar-refractivity contribution is -0.139. The van der Waals surface area contributed by atoms with Gasteiger partial charge >= 0.3 is 5.97 Å². The summed E-state index contributed by atoms with van der Waals surface area (Å²) in [6.45, 7) is -1.13. The number of carbonyl (C=O) groups excluding carboxylic acids is 1. The number of halogens is 2. The molecule has 1 unspecified atom stereocenters. The number of hydrogen-bond acceptors (Lipinski definition) is 3. The van der Waals surface area contributed by atoms with E-state index in [1.807, 2.05) is 0 Å². The van der Waals surface area contributed by atoms with Crippen LogP contribution in [0.1, 0.15) is 9.67 Å². The van der Waals surface area contributed by atoms with Crippen LogP contribution in [0.15, 0.2) is 15.9 Å². The first-order valence-electron chi connectivity index (χ1n) is 3.89. The number of aliphatic carboxylic acids is 1. The minimum Gasteiger partial charge on any atom is -0.480 e. The van der Waals surface area contributed by atoms with Crippen molar-refractivity contribution in [2.45, 2.75) is 6.04 Å². The number of rotatable bonds is 4. The van der Waals surface area contributed by atoms with Gasteiger partial charge in [-0.2, -0.15) is 0 Å². The van der Waals surface area contributed by atoms with Crippen molar-refractivity contribution in [1.29, 1.82) is 0 Å². The van der Waals surface area contributed by atoms with E-state index in [0.29, 0.717) is 9.35 Å². The Kier molecular flexibility index (Phi) is 4.22. The van der Waals surface area contributed by atoms with Crippen LogP contribution < -0.4 is 5.32 Å². The van der Waals surface area contributed by atoms with Crippen molar-refractivity contribution < 1.29 is 19.1 Å². The molecule has 0 fully saturated rings. The Morgan fingerprint density at radius 3 is 2.73 bits per heavy atom. The topological polar surface area (TPSA) is 66.4 Å². The van der Waals surface area contributed by atoms with Gasteiger partial charge in [-0.15, -0.1) is 11.3 Å². The van der Waals surface area contributed by atoms with E-state index in [0.717, 1.165) is 11.3 Å². The molecule has 1 aromatic heterocycles. The molecule has 2 N–H and O–H groups in total. The highest BCUT2D eigenvalue weighted by molar-refractivity contribution is 9.10. The second-order valence-electron chi connectivity index (χ2n) is 2.62. The van der Waals surface area contributed by atoms with Crippen LogP contribution in [0.5, 0.6) is 0 Å². The molecule has 82 valence electrons. The number of alkyl halides is 1. The molecule has 1 amide bonds. The van der Waals surface area contributed by atoms with Crippen LogP contribution in [0, 0.1) is 0 Å². The van der Waals surface area contributed by atoms with Crippen LogP contribution in [0.4, 0.5) is 4.39 Å². The van der Waals surface area contributed by atoms with Crippen LogP contribution in [-0.2, 0) is 4.79 Å². The van der Waals surface area contributed by atoms with Gasteiger partial charge < -0.3 is 10.4 Å². The Hall–Kier alpha value is -0.950.